The minimum atomic E-state index is -1.43. The second-order valence-electron chi connectivity index (χ2n) is 8.83. The number of rotatable bonds is 12. The maximum Gasteiger partial charge on any atom is 0.328 e. The number of carbonyl (C=O) groups is 3. The van der Waals surface area contributed by atoms with Crippen molar-refractivity contribution < 1.29 is 42.9 Å². The fourth-order valence-electron chi connectivity index (χ4n) is 4.27. The maximum atomic E-state index is 13.5. The van der Waals surface area contributed by atoms with Gasteiger partial charge in [-0.05, 0) is 72.6 Å². The largest absolute Gasteiger partial charge is 0.494 e. The van der Waals surface area contributed by atoms with E-state index in [1.165, 1.54) is 48.5 Å². The fraction of sp³-hybridized carbons (Fsp3) is 0.250. The van der Waals surface area contributed by atoms with Crippen LogP contribution >= 0.6 is 0 Å². The van der Waals surface area contributed by atoms with Crippen molar-refractivity contribution in [1.82, 2.24) is 5.32 Å². The first kappa shape index (κ1) is 27.5. The molecule has 3 atom stereocenters. The van der Waals surface area contributed by atoms with E-state index in [0.717, 1.165) is 5.56 Å². The molecule has 0 spiro atoms. The monoisotopic (exact) mass is 540 g/mol. The zero-order valence-electron chi connectivity index (χ0n) is 20.6. The van der Waals surface area contributed by atoms with E-state index in [0.29, 0.717) is 23.6 Å². The molecule has 0 saturated carbocycles. The lowest BCUT2D eigenvalue weighted by atomic mass is 9.80. The van der Waals surface area contributed by atoms with Crippen LogP contribution in [0, 0.1) is 17.6 Å². The van der Waals surface area contributed by atoms with Gasteiger partial charge in [0.15, 0.2) is 6.61 Å². The first-order valence-corrected chi connectivity index (χ1v) is 12.1. The van der Waals surface area contributed by atoms with E-state index in [-0.39, 0.29) is 24.4 Å². The Morgan fingerprint density at radius 2 is 1.46 bits per heavy atom. The van der Waals surface area contributed by atoms with Gasteiger partial charge in [0.2, 0.25) is 5.91 Å². The van der Waals surface area contributed by atoms with Gasteiger partial charge in [0.25, 0.3) is 5.91 Å². The summed E-state index contributed by atoms with van der Waals surface area (Å²) in [4.78, 5) is 37.6. The Hall–Kier alpha value is -4.51. The van der Waals surface area contributed by atoms with Gasteiger partial charge in [-0.3, -0.25) is 9.59 Å². The molecule has 1 saturated heterocycles. The number of aliphatic hydroxyl groups is 1. The summed E-state index contributed by atoms with van der Waals surface area (Å²) in [6, 6.07) is 16.1. The van der Waals surface area contributed by atoms with Crippen LogP contribution in [0.4, 0.5) is 14.5 Å². The summed E-state index contributed by atoms with van der Waals surface area (Å²) in [5.41, 5.74) is 1.31. The van der Waals surface area contributed by atoms with Crippen molar-refractivity contribution in [2.75, 3.05) is 24.7 Å². The van der Waals surface area contributed by atoms with Crippen LogP contribution in [0.1, 0.15) is 18.0 Å². The lowest BCUT2D eigenvalue weighted by Crippen LogP contribution is -2.55. The number of benzene rings is 3. The molecule has 11 heteroatoms. The predicted octanol–water partition coefficient (Wildman–Crippen LogP) is 3.08. The van der Waals surface area contributed by atoms with E-state index in [2.05, 4.69) is 5.32 Å². The normalized spacial score (nSPS) is 17.2. The van der Waals surface area contributed by atoms with Crippen molar-refractivity contribution in [2.45, 2.75) is 18.5 Å². The summed E-state index contributed by atoms with van der Waals surface area (Å²) in [7, 11) is 0. The van der Waals surface area contributed by atoms with Gasteiger partial charge in [-0.1, -0.05) is 12.1 Å². The third-order valence-corrected chi connectivity index (χ3v) is 6.24. The van der Waals surface area contributed by atoms with Crippen molar-refractivity contribution in [1.29, 1.82) is 0 Å². The van der Waals surface area contributed by atoms with Crippen molar-refractivity contribution in [2.24, 2.45) is 5.92 Å². The second-order valence-corrected chi connectivity index (χ2v) is 8.83. The number of hydrogen-bond acceptors (Lipinski definition) is 6. The van der Waals surface area contributed by atoms with Gasteiger partial charge in [-0.25, -0.2) is 13.6 Å². The van der Waals surface area contributed by atoms with Crippen molar-refractivity contribution in [3.05, 3.63) is 90.0 Å². The summed E-state index contributed by atoms with van der Waals surface area (Å²) in [5.74, 6) is -2.65. The number of aliphatic carboxylic acids is 1. The van der Waals surface area contributed by atoms with E-state index < -0.39 is 42.9 Å². The Morgan fingerprint density at radius 1 is 0.897 bits per heavy atom. The van der Waals surface area contributed by atoms with Gasteiger partial charge in [0.05, 0.1) is 25.2 Å². The van der Waals surface area contributed by atoms with Gasteiger partial charge < -0.3 is 29.9 Å². The number of amides is 2. The highest BCUT2D eigenvalue weighted by atomic mass is 19.1. The molecule has 3 aromatic rings. The average Bonchev–Trinajstić information content (AvgIpc) is 2.93. The van der Waals surface area contributed by atoms with Crippen molar-refractivity contribution >= 4 is 23.5 Å². The number of β-lactam (4-membered cyclic amide) rings is 1. The molecular formula is C28H26F2N2O7. The van der Waals surface area contributed by atoms with Gasteiger partial charge in [-0.2, -0.15) is 0 Å². The number of aliphatic hydroxyl groups excluding tert-OH is 1. The predicted molar refractivity (Wildman–Crippen MR) is 135 cm³/mol. The molecule has 1 aliphatic heterocycles. The number of nitrogens with one attached hydrogen (secondary N) is 1. The Morgan fingerprint density at radius 3 is 2.05 bits per heavy atom. The van der Waals surface area contributed by atoms with Gasteiger partial charge in [0, 0.05) is 5.69 Å². The third kappa shape index (κ3) is 6.68. The molecule has 1 fully saturated rings. The molecule has 0 aliphatic carbocycles. The van der Waals surface area contributed by atoms with Crippen LogP contribution in [0.25, 0.3) is 0 Å². The highest BCUT2D eigenvalue weighted by Crippen LogP contribution is 2.45. The summed E-state index contributed by atoms with van der Waals surface area (Å²) in [6.07, 6.45) is 0.382. The molecular weight excluding hydrogens is 514 g/mol. The first-order valence-electron chi connectivity index (χ1n) is 12.1. The Labute approximate surface area is 222 Å². The summed E-state index contributed by atoms with van der Waals surface area (Å²) >= 11 is 0. The van der Waals surface area contributed by atoms with E-state index in [4.69, 9.17) is 19.7 Å². The maximum absolute atomic E-state index is 13.5. The number of halogens is 2. The summed E-state index contributed by atoms with van der Waals surface area (Å²) in [6.45, 7) is -0.996. The zero-order chi connectivity index (χ0) is 27.9. The molecule has 0 bridgehead atoms. The van der Waals surface area contributed by atoms with E-state index in [9.17, 15) is 23.2 Å². The fourth-order valence-corrected chi connectivity index (χ4v) is 4.27. The van der Waals surface area contributed by atoms with Crippen LogP contribution in [-0.2, 0) is 14.4 Å². The highest BCUT2D eigenvalue weighted by Gasteiger charge is 2.48. The number of carbonyl (C=O) groups excluding carboxylic acids is 2. The number of nitrogens with zero attached hydrogens (tertiary/aromatic N) is 1. The van der Waals surface area contributed by atoms with E-state index in [1.54, 1.807) is 29.2 Å². The molecule has 3 unspecified atom stereocenters. The smallest absolute Gasteiger partial charge is 0.328 e. The quantitative estimate of drug-likeness (QED) is 0.302. The van der Waals surface area contributed by atoms with Gasteiger partial charge >= 0.3 is 5.97 Å². The molecule has 3 N–H and O–H groups in total. The molecule has 9 nitrogen and oxygen atoms in total. The number of carboxylic acids is 1. The van der Waals surface area contributed by atoms with E-state index >= 15 is 0 Å². The molecule has 1 aliphatic rings. The molecule has 4 rings (SSSR count). The summed E-state index contributed by atoms with van der Waals surface area (Å²) < 4.78 is 37.7. The lowest BCUT2D eigenvalue weighted by Gasteiger charge is -2.47. The number of hydrogen-bond donors (Lipinski definition) is 3. The van der Waals surface area contributed by atoms with Crippen LogP contribution in [0.3, 0.4) is 0 Å². The first-order chi connectivity index (χ1) is 18.8. The number of ether oxygens (including phenoxy) is 2. The minimum Gasteiger partial charge on any atom is -0.494 e. The van der Waals surface area contributed by atoms with Crippen LogP contribution in [0.5, 0.6) is 11.5 Å². The second kappa shape index (κ2) is 12.4. The van der Waals surface area contributed by atoms with Gasteiger partial charge in [0.1, 0.15) is 29.2 Å². The van der Waals surface area contributed by atoms with Crippen LogP contribution < -0.4 is 19.7 Å². The average molecular weight is 541 g/mol. The van der Waals surface area contributed by atoms with Crippen LogP contribution in [0.2, 0.25) is 0 Å². The van der Waals surface area contributed by atoms with Crippen LogP contribution in [0.15, 0.2) is 72.8 Å². The van der Waals surface area contributed by atoms with Gasteiger partial charge in [-0.15, -0.1) is 0 Å². The van der Waals surface area contributed by atoms with E-state index in [1.807, 2.05) is 0 Å². The Balaban J connectivity index is 1.44. The van der Waals surface area contributed by atoms with Crippen molar-refractivity contribution in [3.63, 3.8) is 0 Å². The molecule has 1 heterocycles. The molecule has 0 aromatic heterocycles. The lowest BCUT2D eigenvalue weighted by molar-refractivity contribution is -0.143. The summed E-state index contributed by atoms with van der Waals surface area (Å²) in [5, 5.41) is 20.1. The molecule has 2 amide bonds. The number of anilines is 1. The van der Waals surface area contributed by atoms with Crippen molar-refractivity contribution in [3.8, 4) is 11.5 Å². The highest BCUT2D eigenvalue weighted by molar-refractivity contribution is 6.03. The number of carboxylic acid groups (broad SMARTS) is 1. The molecule has 204 valence electrons. The zero-order valence-corrected chi connectivity index (χ0v) is 20.6. The molecule has 3 aromatic carbocycles. The SMILES string of the molecule is O=C(COc1ccc(C2C(CCOc3ccc(F)cc3)C(=O)N2c2ccc(F)cc2)cc1)NC(CO)C(=O)O. The molecule has 39 heavy (non-hydrogen) atoms. The Kier molecular flexibility index (Phi) is 8.72. The Bertz CT molecular complexity index is 1300. The van der Waals surface area contributed by atoms with Crippen LogP contribution in [-0.4, -0.2) is 53.9 Å². The standard InChI is InChI=1S/C28H26F2N2O7/c29-18-3-7-20(8-4-18)32-26(23(27(32)35)13-14-38-21-11-5-19(30)6-12-21)17-1-9-22(10-2-17)39-16-25(34)31-24(15-33)28(36)37/h1-12,23-24,26,33H,13-16H2,(H,31,34)(H,36,37). The molecule has 0 radical (unpaired) electrons. The topological polar surface area (TPSA) is 125 Å². The minimum absolute atomic E-state index is 0.150. The third-order valence-electron chi connectivity index (χ3n) is 6.24.